The first-order valence-electron chi connectivity index (χ1n) is 9.76. The van der Waals surface area contributed by atoms with Crippen LogP contribution >= 0.6 is 11.3 Å². The van der Waals surface area contributed by atoms with Crippen molar-refractivity contribution in [3.05, 3.63) is 59.4 Å². The number of nitrogens with zero attached hydrogens (tertiary/aromatic N) is 3. The topological polar surface area (TPSA) is 106 Å². The van der Waals surface area contributed by atoms with Crippen LogP contribution in [0.1, 0.15) is 12.8 Å². The number of sulfonamides is 1. The van der Waals surface area contributed by atoms with Crippen LogP contribution in [0.2, 0.25) is 0 Å². The van der Waals surface area contributed by atoms with Crippen molar-refractivity contribution in [3.8, 4) is 11.5 Å². The van der Waals surface area contributed by atoms with Crippen LogP contribution in [0.4, 0.5) is 5.69 Å². The highest BCUT2D eigenvalue weighted by Gasteiger charge is 2.28. The van der Waals surface area contributed by atoms with Crippen molar-refractivity contribution >= 4 is 44.0 Å². The SMILES string of the molecule is O=C(Cn1c(-c2cscn2)nc2ccccc21)Nc1cccc(S(=O)(=O)NC2CC2)c1. The van der Waals surface area contributed by atoms with E-state index >= 15 is 0 Å². The van der Waals surface area contributed by atoms with Gasteiger partial charge in [-0.2, -0.15) is 0 Å². The van der Waals surface area contributed by atoms with Gasteiger partial charge in [-0.1, -0.05) is 18.2 Å². The van der Waals surface area contributed by atoms with E-state index in [0.29, 0.717) is 17.2 Å². The van der Waals surface area contributed by atoms with Gasteiger partial charge in [0.25, 0.3) is 0 Å². The standard InChI is InChI=1S/C21H19N5O3S2/c27-20(23-15-4-3-5-16(10-15)31(28,29)25-14-8-9-14)11-26-19-7-2-1-6-17(19)24-21(26)18-12-30-13-22-18/h1-7,10,12-14,25H,8-9,11H2,(H,23,27). The van der Waals surface area contributed by atoms with Crippen molar-refractivity contribution in [2.24, 2.45) is 0 Å². The lowest BCUT2D eigenvalue weighted by molar-refractivity contribution is -0.116. The van der Waals surface area contributed by atoms with Crippen LogP contribution < -0.4 is 10.0 Å². The fourth-order valence-electron chi connectivity index (χ4n) is 3.33. The van der Waals surface area contributed by atoms with Crippen LogP contribution in [-0.4, -0.2) is 34.9 Å². The van der Waals surface area contributed by atoms with Gasteiger partial charge < -0.3 is 9.88 Å². The maximum absolute atomic E-state index is 12.9. The lowest BCUT2D eigenvalue weighted by atomic mass is 10.3. The number of fused-ring (bicyclic) bond motifs is 1. The molecule has 0 unspecified atom stereocenters. The molecule has 31 heavy (non-hydrogen) atoms. The van der Waals surface area contributed by atoms with Crippen molar-refractivity contribution in [1.82, 2.24) is 19.3 Å². The van der Waals surface area contributed by atoms with Crippen LogP contribution in [0.3, 0.4) is 0 Å². The van der Waals surface area contributed by atoms with Crippen LogP contribution in [-0.2, 0) is 21.4 Å². The number of hydrogen-bond donors (Lipinski definition) is 2. The molecule has 0 radical (unpaired) electrons. The molecule has 158 valence electrons. The van der Waals surface area contributed by atoms with E-state index in [-0.39, 0.29) is 23.4 Å². The van der Waals surface area contributed by atoms with Gasteiger partial charge in [0.15, 0.2) is 5.82 Å². The fraction of sp³-hybridized carbons (Fsp3) is 0.190. The van der Waals surface area contributed by atoms with Crippen LogP contribution in [0.25, 0.3) is 22.6 Å². The van der Waals surface area contributed by atoms with Gasteiger partial charge in [-0.15, -0.1) is 11.3 Å². The molecule has 0 saturated heterocycles. The number of carbonyl (C=O) groups excluding carboxylic acids is 1. The average Bonchev–Trinajstić information content (AvgIpc) is 3.25. The zero-order valence-corrected chi connectivity index (χ0v) is 18.0. The van der Waals surface area contributed by atoms with Gasteiger partial charge in [0.2, 0.25) is 15.9 Å². The molecule has 0 aliphatic heterocycles. The Balaban J connectivity index is 1.40. The Morgan fingerprint density at radius 1 is 1.16 bits per heavy atom. The molecule has 0 bridgehead atoms. The largest absolute Gasteiger partial charge is 0.324 e. The van der Waals surface area contributed by atoms with E-state index in [9.17, 15) is 13.2 Å². The second-order valence-electron chi connectivity index (χ2n) is 7.36. The molecule has 4 aromatic rings. The molecule has 1 aliphatic rings. The van der Waals surface area contributed by atoms with Gasteiger partial charge in [-0.3, -0.25) is 4.79 Å². The van der Waals surface area contributed by atoms with E-state index < -0.39 is 10.0 Å². The molecule has 1 saturated carbocycles. The fourth-order valence-corrected chi connectivity index (χ4v) is 5.21. The molecule has 2 heterocycles. The molecule has 10 heteroatoms. The number of thiazole rings is 1. The molecule has 2 N–H and O–H groups in total. The first-order valence-corrected chi connectivity index (χ1v) is 12.2. The van der Waals surface area contributed by atoms with E-state index in [4.69, 9.17) is 0 Å². The summed E-state index contributed by atoms with van der Waals surface area (Å²) in [6.07, 6.45) is 1.71. The Kier molecular flexibility index (Phi) is 5.05. The maximum Gasteiger partial charge on any atom is 0.244 e. The van der Waals surface area contributed by atoms with E-state index in [1.165, 1.54) is 23.5 Å². The van der Waals surface area contributed by atoms with Crippen molar-refractivity contribution in [2.45, 2.75) is 30.3 Å². The second kappa shape index (κ2) is 7.88. The lowest BCUT2D eigenvalue weighted by Crippen LogP contribution is -2.26. The summed E-state index contributed by atoms with van der Waals surface area (Å²) in [5, 5.41) is 4.69. The van der Waals surface area contributed by atoms with Crippen molar-refractivity contribution in [2.75, 3.05) is 5.32 Å². The number of rotatable bonds is 7. The number of imidazole rings is 1. The summed E-state index contributed by atoms with van der Waals surface area (Å²) in [6, 6.07) is 13.9. The third-order valence-electron chi connectivity index (χ3n) is 4.94. The third-order valence-corrected chi connectivity index (χ3v) is 7.05. The predicted molar refractivity (Wildman–Crippen MR) is 119 cm³/mol. The maximum atomic E-state index is 12.9. The van der Waals surface area contributed by atoms with Gasteiger partial charge in [-0.25, -0.2) is 23.1 Å². The summed E-state index contributed by atoms with van der Waals surface area (Å²) in [5.41, 5.74) is 4.44. The Labute approximate surface area is 183 Å². The summed E-state index contributed by atoms with van der Waals surface area (Å²) in [5.74, 6) is 0.326. The Bertz CT molecular complexity index is 1360. The van der Waals surface area contributed by atoms with E-state index in [1.807, 2.05) is 34.2 Å². The first kappa shape index (κ1) is 19.9. The average molecular weight is 454 g/mol. The summed E-state index contributed by atoms with van der Waals surface area (Å²) in [6.45, 7) is 0.0185. The molecule has 2 aromatic carbocycles. The van der Waals surface area contributed by atoms with Gasteiger partial charge in [0.1, 0.15) is 12.2 Å². The Hall–Kier alpha value is -3.08. The zero-order chi connectivity index (χ0) is 21.4. The molecule has 1 aliphatic carbocycles. The monoisotopic (exact) mass is 453 g/mol. The number of anilines is 1. The Morgan fingerprint density at radius 3 is 2.77 bits per heavy atom. The quantitative estimate of drug-likeness (QED) is 0.447. The van der Waals surface area contributed by atoms with Gasteiger partial charge in [0.05, 0.1) is 21.4 Å². The Morgan fingerprint density at radius 2 is 2.00 bits per heavy atom. The minimum atomic E-state index is -3.59. The number of carbonyl (C=O) groups is 1. The van der Waals surface area contributed by atoms with Crippen LogP contribution in [0, 0.1) is 0 Å². The van der Waals surface area contributed by atoms with E-state index in [0.717, 1.165) is 23.9 Å². The molecule has 8 nitrogen and oxygen atoms in total. The molecule has 2 aromatic heterocycles. The van der Waals surface area contributed by atoms with Crippen molar-refractivity contribution < 1.29 is 13.2 Å². The molecular weight excluding hydrogens is 434 g/mol. The van der Waals surface area contributed by atoms with Crippen molar-refractivity contribution in [3.63, 3.8) is 0 Å². The molecule has 5 rings (SSSR count). The molecule has 1 amide bonds. The molecular formula is C21H19N5O3S2. The number of aromatic nitrogens is 3. The first-order chi connectivity index (χ1) is 15.0. The van der Waals surface area contributed by atoms with Crippen molar-refractivity contribution in [1.29, 1.82) is 0 Å². The molecule has 0 spiro atoms. The van der Waals surface area contributed by atoms with Crippen LogP contribution in [0.15, 0.2) is 64.3 Å². The number of hydrogen-bond acceptors (Lipinski definition) is 6. The highest BCUT2D eigenvalue weighted by Crippen LogP contribution is 2.26. The summed E-state index contributed by atoms with van der Waals surface area (Å²) in [7, 11) is -3.59. The number of benzene rings is 2. The lowest BCUT2D eigenvalue weighted by Gasteiger charge is -2.11. The minimum Gasteiger partial charge on any atom is -0.324 e. The van der Waals surface area contributed by atoms with E-state index in [1.54, 1.807) is 17.6 Å². The highest BCUT2D eigenvalue weighted by molar-refractivity contribution is 7.89. The summed E-state index contributed by atoms with van der Waals surface area (Å²) >= 11 is 1.46. The molecule has 1 fully saturated rings. The normalized spacial score (nSPS) is 14.1. The number of para-hydroxylation sites is 2. The number of nitrogens with one attached hydrogen (secondary N) is 2. The van der Waals surface area contributed by atoms with Gasteiger partial charge in [0, 0.05) is 17.1 Å². The highest BCUT2D eigenvalue weighted by atomic mass is 32.2. The summed E-state index contributed by atoms with van der Waals surface area (Å²) < 4.78 is 29.4. The molecule has 0 atom stereocenters. The zero-order valence-electron chi connectivity index (χ0n) is 16.4. The van der Waals surface area contributed by atoms with E-state index in [2.05, 4.69) is 20.0 Å². The summed E-state index contributed by atoms with van der Waals surface area (Å²) in [4.78, 5) is 21.9. The van der Waals surface area contributed by atoms with Crippen LogP contribution in [0.5, 0.6) is 0 Å². The third kappa shape index (κ3) is 4.22. The van der Waals surface area contributed by atoms with Gasteiger partial charge in [-0.05, 0) is 43.2 Å². The smallest absolute Gasteiger partial charge is 0.244 e. The predicted octanol–water partition coefficient (Wildman–Crippen LogP) is 3.24. The minimum absolute atomic E-state index is 0.0157. The van der Waals surface area contributed by atoms with Gasteiger partial charge >= 0.3 is 0 Å². The second-order valence-corrected chi connectivity index (χ2v) is 9.79. The number of amides is 1.